The van der Waals surface area contributed by atoms with E-state index in [1.54, 1.807) is 11.9 Å². The zero-order chi connectivity index (χ0) is 9.61. The van der Waals surface area contributed by atoms with Gasteiger partial charge in [0.05, 0.1) is 5.75 Å². The second-order valence-electron chi connectivity index (χ2n) is 2.67. The van der Waals surface area contributed by atoms with Crippen LogP contribution < -0.4 is 0 Å². The van der Waals surface area contributed by atoms with E-state index >= 15 is 0 Å². The fourth-order valence-corrected chi connectivity index (χ4v) is 1.27. The van der Waals surface area contributed by atoms with Crippen molar-refractivity contribution in [1.29, 1.82) is 0 Å². The first-order chi connectivity index (χ1) is 5.45. The molecule has 0 unspecified atom stereocenters. The third kappa shape index (κ3) is 7.93. The average molecular weight is 197 g/mol. The summed E-state index contributed by atoms with van der Waals surface area (Å²) in [6, 6.07) is 0. The monoisotopic (exact) mass is 197 g/mol. The molecule has 0 saturated carbocycles. The first-order valence-corrected chi connectivity index (χ1v) is 5.31. The fourth-order valence-electron chi connectivity index (χ4n) is 0.724. The van der Waals surface area contributed by atoms with Crippen molar-refractivity contribution < 1.29 is 18.1 Å². The molecule has 0 spiro atoms. The first-order valence-electron chi connectivity index (χ1n) is 3.70. The molecular formula is C6H15NO4S. The summed E-state index contributed by atoms with van der Waals surface area (Å²) >= 11 is 0. The Labute approximate surface area is 72.7 Å². The van der Waals surface area contributed by atoms with Crippen molar-refractivity contribution in [3.05, 3.63) is 0 Å². The van der Waals surface area contributed by atoms with Gasteiger partial charge in [0.2, 0.25) is 0 Å². The summed E-state index contributed by atoms with van der Waals surface area (Å²) in [4.78, 5) is 1.74. The van der Waals surface area contributed by atoms with Crippen LogP contribution in [0, 0.1) is 0 Å². The molecule has 0 aliphatic rings. The third-order valence-corrected chi connectivity index (χ3v) is 2.13. The Balaban J connectivity index is 3.51. The van der Waals surface area contributed by atoms with Gasteiger partial charge in [-0.15, -0.1) is 0 Å². The Morgan fingerprint density at radius 1 is 1.33 bits per heavy atom. The molecule has 0 aromatic rings. The van der Waals surface area contributed by atoms with Gasteiger partial charge in [0.1, 0.15) is 0 Å². The van der Waals surface area contributed by atoms with E-state index in [1.165, 1.54) is 0 Å². The van der Waals surface area contributed by atoms with Crippen LogP contribution in [0.25, 0.3) is 0 Å². The molecule has 12 heavy (non-hydrogen) atoms. The Hall–Kier alpha value is -0.170. The van der Waals surface area contributed by atoms with E-state index in [4.69, 9.17) is 9.66 Å². The minimum Gasteiger partial charge on any atom is -0.396 e. The lowest BCUT2D eigenvalue weighted by Gasteiger charge is -2.13. The van der Waals surface area contributed by atoms with E-state index in [0.29, 0.717) is 19.5 Å². The van der Waals surface area contributed by atoms with Crippen molar-refractivity contribution in [3.8, 4) is 0 Å². The largest absolute Gasteiger partial charge is 0.396 e. The number of nitrogens with zero attached hydrogens (tertiary/aromatic N) is 1. The van der Waals surface area contributed by atoms with Gasteiger partial charge in [0, 0.05) is 19.7 Å². The van der Waals surface area contributed by atoms with Crippen LogP contribution in [-0.4, -0.2) is 55.5 Å². The summed E-state index contributed by atoms with van der Waals surface area (Å²) in [5.41, 5.74) is 0. The highest BCUT2D eigenvalue weighted by atomic mass is 32.2. The Morgan fingerprint density at radius 2 is 1.92 bits per heavy atom. The van der Waals surface area contributed by atoms with Gasteiger partial charge in [-0.2, -0.15) is 8.42 Å². The molecule has 2 N–H and O–H groups in total. The van der Waals surface area contributed by atoms with Crippen LogP contribution in [0.5, 0.6) is 0 Å². The summed E-state index contributed by atoms with van der Waals surface area (Å²) in [5.74, 6) is -0.255. The summed E-state index contributed by atoms with van der Waals surface area (Å²) in [7, 11) is -2.11. The smallest absolute Gasteiger partial charge is 0.266 e. The molecule has 0 amide bonds. The second-order valence-corrected chi connectivity index (χ2v) is 4.24. The molecule has 0 aromatic carbocycles. The Bertz CT molecular complexity index is 202. The van der Waals surface area contributed by atoms with Crippen LogP contribution >= 0.6 is 0 Å². The molecule has 0 saturated heterocycles. The lowest BCUT2D eigenvalue weighted by Crippen LogP contribution is -2.26. The summed E-state index contributed by atoms with van der Waals surface area (Å²) in [5, 5.41) is 8.45. The molecule has 0 radical (unpaired) electrons. The van der Waals surface area contributed by atoms with Crippen molar-refractivity contribution in [3.63, 3.8) is 0 Å². The van der Waals surface area contributed by atoms with Gasteiger partial charge in [-0.3, -0.25) is 4.55 Å². The quantitative estimate of drug-likeness (QED) is 0.544. The zero-order valence-electron chi connectivity index (χ0n) is 7.10. The summed E-state index contributed by atoms with van der Waals surface area (Å²) in [6.45, 7) is 1.01. The molecule has 0 rings (SSSR count). The number of hydrogen-bond donors (Lipinski definition) is 2. The molecule has 0 aliphatic heterocycles. The van der Waals surface area contributed by atoms with Crippen LogP contribution in [0.3, 0.4) is 0 Å². The highest BCUT2D eigenvalue weighted by molar-refractivity contribution is 7.85. The normalized spacial score (nSPS) is 12.3. The molecule has 0 bridgehead atoms. The van der Waals surface area contributed by atoms with Crippen LogP contribution in [0.4, 0.5) is 0 Å². The maximum atomic E-state index is 10.3. The van der Waals surface area contributed by atoms with Crippen molar-refractivity contribution in [2.45, 2.75) is 6.42 Å². The first kappa shape index (κ1) is 11.8. The van der Waals surface area contributed by atoms with Gasteiger partial charge in [-0.1, -0.05) is 0 Å². The molecular weight excluding hydrogens is 182 g/mol. The molecule has 0 atom stereocenters. The number of hydrogen-bond acceptors (Lipinski definition) is 4. The number of aliphatic hydroxyl groups is 1. The highest BCUT2D eigenvalue weighted by Crippen LogP contribution is 1.89. The third-order valence-electron chi connectivity index (χ3n) is 1.43. The van der Waals surface area contributed by atoms with Crippen molar-refractivity contribution >= 4 is 10.1 Å². The van der Waals surface area contributed by atoms with E-state index in [9.17, 15) is 8.42 Å². The minimum atomic E-state index is -3.85. The van der Waals surface area contributed by atoms with E-state index < -0.39 is 10.1 Å². The van der Waals surface area contributed by atoms with Crippen molar-refractivity contribution in [1.82, 2.24) is 4.90 Å². The predicted molar refractivity (Wildman–Crippen MR) is 45.6 cm³/mol. The lowest BCUT2D eigenvalue weighted by molar-refractivity contribution is 0.252. The zero-order valence-corrected chi connectivity index (χ0v) is 7.92. The summed E-state index contributed by atoms with van der Waals surface area (Å²) < 4.78 is 29.0. The fraction of sp³-hybridized carbons (Fsp3) is 1.00. The molecule has 6 heteroatoms. The maximum Gasteiger partial charge on any atom is 0.266 e. The van der Waals surface area contributed by atoms with Crippen LogP contribution in [-0.2, 0) is 10.1 Å². The van der Waals surface area contributed by atoms with Gasteiger partial charge in [0.25, 0.3) is 10.1 Å². The molecule has 74 valence electrons. The van der Waals surface area contributed by atoms with Crippen molar-refractivity contribution in [2.75, 3.05) is 32.5 Å². The second kappa shape index (κ2) is 5.47. The van der Waals surface area contributed by atoms with Crippen LogP contribution in [0.15, 0.2) is 0 Å². The molecule has 0 fully saturated rings. The predicted octanol–water partition coefficient (Wildman–Crippen LogP) is -0.812. The van der Waals surface area contributed by atoms with E-state index in [2.05, 4.69) is 0 Å². The van der Waals surface area contributed by atoms with Gasteiger partial charge < -0.3 is 10.0 Å². The Morgan fingerprint density at radius 3 is 2.33 bits per heavy atom. The van der Waals surface area contributed by atoms with E-state index in [1.807, 2.05) is 0 Å². The van der Waals surface area contributed by atoms with Gasteiger partial charge in [-0.05, 0) is 13.5 Å². The molecule has 0 heterocycles. The molecule has 0 aromatic heterocycles. The number of rotatable bonds is 6. The molecule has 5 nitrogen and oxygen atoms in total. The van der Waals surface area contributed by atoms with E-state index in [-0.39, 0.29) is 12.4 Å². The van der Waals surface area contributed by atoms with Gasteiger partial charge in [0.15, 0.2) is 0 Å². The average Bonchev–Trinajstić information content (AvgIpc) is 1.95. The van der Waals surface area contributed by atoms with Gasteiger partial charge in [-0.25, -0.2) is 0 Å². The number of aliphatic hydroxyl groups excluding tert-OH is 1. The van der Waals surface area contributed by atoms with Crippen LogP contribution in [0.2, 0.25) is 0 Å². The maximum absolute atomic E-state index is 10.3. The summed E-state index contributed by atoms with van der Waals surface area (Å²) in [6.07, 6.45) is 0.613. The van der Waals surface area contributed by atoms with Crippen molar-refractivity contribution in [2.24, 2.45) is 0 Å². The minimum absolute atomic E-state index is 0.0935. The topological polar surface area (TPSA) is 77.8 Å². The Kier molecular flexibility index (Phi) is 5.39. The van der Waals surface area contributed by atoms with Crippen LogP contribution in [0.1, 0.15) is 6.42 Å². The van der Waals surface area contributed by atoms with E-state index in [0.717, 1.165) is 0 Å². The lowest BCUT2D eigenvalue weighted by atomic mass is 10.4. The van der Waals surface area contributed by atoms with Gasteiger partial charge >= 0.3 is 0 Å². The highest BCUT2D eigenvalue weighted by Gasteiger charge is 2.06. The standard InChI is InChI=1S/C6H15NO4S/c1-7(3-2-5-8)4-6-12(9,10)11/h8H,2-6H2,1H3,(H,9,10,11). The SMILES string of the molecule is CN(CCCO)CCS(=O)(=O)O. The molecule has 0 aliphatic carbocycles.